The number of hydrogen-bond donors (Lipinski definition) is 14. The van der Waals surface area contributed by atoms with Gasteiger partial charge in [-0.25, -0.2) is 0 Å². The Hall–Kier alpha value is -7.89. The number of aliphatic hydroxyl groups is 8. The van der Waals surface area contributed by atoms with Crippen molar-refractivity contribution < 1.29 is 93.6 Å². The molecule has 27 nitrogen and oxygen atoms in total. The molecule has 3 fully saturated rings. The first kappa shape index (κ1) is 63.7. The molecule has 1 aromatic heterocycles. The summed E-state index contributed by atoms with van der Waals surface area (Å²) in [6, 6.07) is 9.51. The second kappa shape index (κ2) is 28.1. The summed E-state index contributed by atoms with van der Waals surface area (Å²) < 4.78 is 11.4. The van der Waals surface area contributed by atoms with E-state index in [-0.39, 0.29) is 16.9 Å². The number of fused-ring (bicyclic) bond motifs is 2. The van der Waals surface area contributed by atoms with Crippen molar-refractivity contribution >= 4 is 47.1 Å². The molecule has 0 aliphatic carbocycles. The summed E-state index contributed by atoms with van der Waals surface area (Å²) in [7, 11) is 0. The molecule has 0 unspecified atom stereocenters. The highest BCUT2D eigenvalue weighted by Crippen LogP contribution is 2.32. The van der Waals surface area contributed by atoms with Gasteiger partial charge in [-0.3, -0.25) is 38.4 Å². The van der Waals surface area contributed by atoms with E-state index in [2.05, 4.69) is 33.3 Å². The number of nitrogens with one attached hydrogen (secondary N) is 4. The molecule has 3 aromatic carbocycles. The minimum atomic E-state index is -2.36. The maximum atomic E-state index is 14.6. The van der Waals surface area contributed by atoms with Crippen molar-refractivity contribution in [2.75, 3.05) is 19.7 Å². The number of aromatic hydroxyl groups is 1. The van der Waals surface area contributed by atoms with Gasteiger partial charge in [0.25, 0.3) is 5.91 Å². The molecule has 15 atom stereocenters. The van der Waals surface area contributed by atoms with Crippen molar-refractivity contribution in [3.8, 4) is 34.1 Å². The summed E-state index contributed by atoms with van der Waals surface area (Å²) in [6.45, 7) is 4.11. The lowest BCUT2D eigenvalue weighted by Gasteiger charge is -2.34. The van der Waals surface area contributed by atoms with E-state index in [4.69, 9.17) is 15.0 Å². The first-order valence-corrected chi connectivity index (χ1v) is 27.5. The second-order valence-electron chi connectivity index (χ2n) is 21.6. The minimum absolute atomic E-state index is 0.0635. The number of aliphatic hydroxyl groups excluding tert-OH is 8. The van der Waals surface area contributed by atoms with Crippen molar-refractivity contribution in [2.24, 2.45) is 17.6 Å². The van der Waals surface area contributed by atoms with Crippen LogP contribution >= 0.6 is 0 Å². The number of primary amides is 1. The monoisotopic (exact) mass is 1170 g/mol. The van der Waals surface area contributed by atoms with Crippen LogP contribution < -0.4 is 31.7 Å². The topological polar surface area (TPSA) is 435 Å². The number of phenolic OH excluding ortho intramolecular Hbond substituents is 1. The summed E-state index contributed by atoms with van der Waals surface area (Å²) in [6.07, 6.45) is -16.6. The highest BCUT2D eigenvalue weighted by atomic mass is 16.5. The lowest BCUT2D eigenvalue weighted by molar-refractivity contribution is -0.150. The van der Waals surface area contributed by atoms with Crippen LogP contribution in [0.5, 0.6) is 11.5 Å². The number of nitrogens with zero attached hydrogens (tertiary/aromatic N) is 3. The Morgan fingerprint density at radius 2 is 1.44 bits per heavy atom. The van der Waals surface area contributed by atoms with Crippen LogP contribution in [0.25, 0.3) is 22.6 Å². The number of hydrogen-bond acceptors (Lipinski definition) is 20. The van der Waals surface area contributed by atoms with Gasteiger partial charge in [-0.2, -0.15) is 0 Å². The van der Waals surface area contributed by atoms with E-state index in [1.807, 2.05) is 24.3 Å². The summed E-state index contributed by atoms with van der Waals surface area (Å²) >= 11 is 0. The van der Waals surface area contributed by atoms with Crippen molar-refractivity contribution in [1.29, 1.82) is 0 Å². The van der Waals surface area contributed by atoms with Crippen LogP contribution in [0.1, 0.15) is 87.7 Å². The largest absolute Gasteiger partial charge is 0.508 e. The van der Waals surface area contributed by atoms with Gasteiger partial charge in [0.15, 0.2) is 17.8 Å². The number of carbonyl (C=O) groups is 8. The highest BCUT2D eigenvalue weighted by molar-refractivity contribution is 6.00. The molecule has 0 bridgehead atoms. The molecule has 84 heavy (non-hydrogen) atoms. The van der Waals surface area contributed by atoms with Gasteiger partial charge < -0.3 is 92.0 Å². The molecule has 0 saturated carbocycles. The van der Waals surface area contributed by atoms with Crippen molar-refractivity contribution in [2.45, 2.75) is 145 Å². The lowest BCUT2D eigenvalue weighted by atomic mass is 9.86. The molecule has 7 rings (SSSR count). The van der Waals surface area contributed by atoms with E-state index < -0.39 is 177 Å². The maximum Gasteiger partial charge on any atom is 0.251 e. The molecule has 3 aliphatic rings. The maximum absolute atomic E-state index is 14.6. The Kier molecular flexibility index (Phi) is 21.3. The number of nitrogens with two attached hydrogens (primary N) is 1. The van der Waals surface area contributed by atoms with Gasteiger partial charge in [-0.05, 0) is 67.4 Å². The predicted octanol–water partition coefficient (Wildman–Crippen LogP) is -1.99. The van der Waals surface area contributed by atoms with E-state index in [0.29, 0.717) is 39.8 Å². The molecular formula is C57H72N8O19. The third-order valence-corrected chi connectivity index (χ3v) is 15.2. The molecule has 0 radical (unpaired) electrons. The quantitative estimate of drug-likeness (QED) is 0.0540. The fourth-order valence-electron chi connectivity index (χ4n) is 10.4. The summed E-state index contributed by atoms with van der Waals surface area (Å²) in [5.74, 6) is -12.0. The van der Waals surface area contributed by atoms with Gasteiger partial charge in [0.2, 0.25) is 35.4 Å². The van der Waals surface area contributed by atoms with Crippen molar-refractivity contribution in [3.05, 3.63) is 90.0 Å². The van der Waals surface area contributed by atoms with Crippen LogP contribution in [0.2, 0.25) is 0 Å². The number of Topliss-reactive ketones (excluding diaryl/α,β-unsaturated/α-hetero) is 1. The van der Waals surface area contributed by atoms with Crippen LogP contribution in [0.4, 0.5) is 0 Å². The van der Waals surface area contributed by atoms with E-state index in [9.17, 15) is 84.3 Å². The van der Waals surface area contributed by atoms with Gasteiger partial charge in [0.05, 0.1) is 55.5 Å². The van der Waals surface area contributed by atoms with Gasteiger partial charge in [-0.15, -0.1) is 0 Å². The Morgan fingerprint density at radius 1 is 0.798 bits per heavy atom. The normalized spacial score (nSPS) is 27.2. The van der Waals surface area contributed by atoms with Crippen molar-refractivity contribution in [3.63, 3.8) is 0 Å². The van der Waals surface area contributed by atoms with Gasteiger partial charge in [0, 0.05) is 61.0 Å². The number of ether oxygens (including phenoxy) is 1. The Morgan fingerprint density at radius 3 is 2.08 bits per heavy atom. The number of aromatic nitrogens is 1. The standard InChI is InChI=1S/C57H72N8O19/c1-4-5-6-19-83-35-17-13-30(14-18-35)43-23-37(63-84-43)29-7-9-32(10-8-29)51(76)59-38-22-42(71)54(79)62-55(80)47-48(73)27(2)25-65(47)57(82)46(41(70)24-44(58)72)61-52(77)36(50(75)49(74)31-11-15-33(67)16-12-31)21-40(69)39-20-34(68)26-64(39)56(81)45(28(3)66)60-53(38)78/h7-18,23,27-28,34,36,38-39,41-42,45-50,54,66-68,70-71,73-75,79H,4-6,19-22,24-26H2,1-3H3,(H2,58,72)(H,59,76)(H,60,78)(H,61,77)(H,62,80)/t27-,28+,34+,36-,38-,39-,41+,42+,45-,46-,47-,48-,49-,50-,54+/m0/s1. The smallest absolute Gasteiger partial charge is 0.251 e. The van der Waals surface area contributed by atoms with Gasteiger partial charge in [0.1, 0.15) is 53.6 Å². The molecule has 0 spiro atoms. The van der Waals surface area contributed by atoms with Crippen molar-refractivity contribution in [1.82, 2.24) is 36.2 Å². The zero-order valence-electron chi connectivity index (χ0n) is 46.3. The SMILES string of the molecule is CCCCCOc1ccc(-c2cc(-c3ccc(C(=O)N[C@H]4C[C@@H](O)[C@@H](O)NC(=O)[C@@H]5[C@@H](O)[C@@H](C)CN5C(=O)[C@H]([C@H](O)CC(N)=O)NC(=O)[C@H]([C@H](O)[C@@H](O)c5ccc(O)cc5)CC(=O)[C@@H]5C[C@@H](O)CN5C(=O)[C@H]([C@@H](C)O)NC4=O)cc3)no2)cc1. The zero-order valence-corrected chi connectivity index (χ0v) is 46.3. The fourth-order valence-corrected chi connectivity index (χ4v) is 10.4. The van der Waals surface area contributed by atoms with E-state index in [1.54, 1.807) is 6.07 Å². The third kappa shape index (κ3) is 15.3. The first-order valence-electron chi connectivity index (χ1n) is 27.5. The second-order valence-corrected chi connectivity index (χ2v) is 21.6. The average Bonchev–Trinajstić information content (AvgIpc) is 3.99. The van der Waals surface area contributed by atoms with Gasteiger partial charge >= 0.3 is 0 Å². The molecule has 3 saturated heterocycles. The third-order valence-electron chi connectivity index (χ3n) is 15.2. The number of carbonyl (C=O) groups excluding carboxylic acids is 8. The molecule has 4 aromatic rings. The molecule has 27 heteroatoms. The molecule has 15 N–H and O–H groups in total. The Labute approximate surface area is 481 Å². The van der Waals surface area contributed by atoms with E-state index in [0.717, 1.165) is 43.2 Å². The number of benzene rings is 3. The molecule has 7 amide bonds. The van der Waals surface area contributed by atoms with Crippen LogP contribution in [0, 0.1) is 11.8 Å². The lowest BCUT2D eigenvalue weighted by Crippen LogP contribution is -2.61. The number of amides is 7. The number of rotatable bonds is 16. The highest BCUT2D eigenvalue weighted by Gasteiger charge is 2.51. The van der Waals surface area contributed by atoms with Gasteiger partial charge in [-0.1, -0.05) is 56.1 Å². The van der Waals surface area contributed by atoms with Crippen LogP contribution in [0.15, 0.2) is 83.4 Å². The molecular weight excluding hydrogens is 1100 g/mol. The van der Waals surface area contributed by atoms with Crippen LogP contribution in [-0.4, -0.2) is 201 Å². The van der Waals surface area contributed by atoms with E-state index >= 15 is 0 Å². The zero-order chi connectivity index (χ0) is 61.3. The fraction of sp³-hybridized carbons (Fsp3) is 0.491. The first-order chi connectivity index (χ1) is 39.9. The van der Waals surface area contributed by atoms with Crippen LogP contribution in [-0.2, 0) is 33.6 Å². The van der Waals surface area contributed by atoms with Crippen LogP contribution in [0.3, 0.4) is 0 Å². The molecule has 3 aliphatic heterocycles. The number of unbranched alkanes of at least 4 members (excludes halogenated alkanes) is 2. The average molecular weight is 1170 g/mol. The summed E-state index contributed by atoms with van der Waals surface area (Å²) in [5, 5.41) is 114. The van der Waals surface area contributed by atoms with E-state index in [1.165, 1.54) is 43.3 Å². The summed E-state index contributed by atoms with van der Waals surface area (Å²) in [5.41, 5.74) is 6.82. The number of ketones is 1. The molecule has 4 heterocycles. The molecule has 454 valence electrons. The Bertz CT molecular complexity index is 2980. The predicted molar refractivity (Wildman–Crippen MR) is 293 cm³/mol. The Balaban J connectivity index is 1.21. The number of phenols is 1. The minimum Gasteiger partial charge on any atom is -0.508 e. The summed E-state index contributed by atoms with van der Waals surface area (Å²) in [4.78, 5) is 115.